The van der Waals surface area contributed by atoms with E-state index in [-0.39, 0.29) is 6.61 Å². The molecule has 2 atom stereocenters. The Labute approximate surface area is 115 Å². The Morgan fingerprint density at radius 2 is 2.32 bits per heavy atom. The summed E-state index contributed by atoms with van der Waals surface area (Å²) in [5.74, 6) is 3.02. The Hall–Kier alpha value is -1.36. The van der Waals surface area contributed by atoms with Crippen molar-refractivity contribution < 1.29 is 5.11 Å². The molecule has 0 aliphatic carbocycles. The van der Waals surface area contributed by atoms with E-state index in [9.17, 15) is 5.11 Å². The molecule has 5 heteroatoms. The molecule has 2 unspecified atom stereocenters. The van der Waals surface area contributed by atoms with Gasteiger partial charge >= 0.3 is 0 Å². The molecular weight excluding hydrogens is 240 g/mol. The van der Waals surface area contributed by atoms with Gasteiger partial charge in [0.05, 0.1) is 0 Å². The van der Waals surface area contributed by atoms with Crippen LogP contribution in [0.5, 0.6) is 0 Å². The molecule has 106 valence electrons. The van der Waals surface area contributed by atoms with Gasteiger partial charge in [0.1, 0.15) is 17.5 Å². The Morgan fingerprint density at radius 1 is 1.53 bits per heavy atom. The van der Waals surface area contributed by atoms with Crippen molar-refractivity contribution in [1.29, 1.82) is 0 Å². The number of aliphatic hydroxyl groups is 1. The second-order valence-corrected chi connectivity index (χ2v) is 5.40. The molecule has 0 bridgehead atoms. The van der Waals surface area contributed by atoms with E-state index in [4.69, 9.17) is 0 Å². The van der Waals surface area contributed by atoms with E-state index in [1.54, 1.807) is 0 Å². The van der Waals surface area contributed by atoms with Crippen molar-refractivity contribution >= 4 is 11.6 Å². The van der Waals surface area contributed by atoms with Crippen LogP contribution in [0.2, 0.25) is 0 Å². The second-order valence-electron chi connectivity index (χ2n) is 5.40. The molecule has 19 heavy (non-hydrogen) atoms. The van der Waals surface area contributed by atoms with Gasteiger partial charge in [-0.1, -0.05) is 6.92 Å². The highest BCUT2D eigenvalue weighted by Crippen LogP contribution is 2.24. The number of rotatable bonds is 5. The van der Waals surface area contributed by atoms with Gasteiger partial charge in [-0.3, -0.25) is 0 Å². The number of aryl methyl sites for hydroxylation is 1. The van der Waals surface area contributed by atoms with Crippen molar-refractivity contribution in [1.82, 2.24) is 9.97 Å². The van der Waals surface area contributed by atoms with Crippen molar-refractivity contribution in [2.45, 2.75) is 39.7 Å². The molecule has 5 nitrogen and oxygen atoms in total. The molecule has 0 saturated carbocycles. The summed E-state index contributed by atoms with van der Waals surface area (Å²) >= 11 is 0. The third kappa shape index (κ3) is 3.56. The molecule has 0 radical (unpaired) electrons. The zero-order valence-electron chi connectivity index (χ0n) is 12.1. The summed E-state index contributed by atoms with van der Waals surface area (Å²) in [5, 5.41) is 12.6. The molecule has 1 aliphatic rings. The molecule has 2 heterocycles. The van der Waals surface area contributed by atoms with Crippen molar-refractivity contribution in [3.63, 3.8) is 0 Å². The zero-order chi connectivity index (χ0) is 13.8. The number of anilines is 2. The normalized spacial score (nSPS) is 20.6. The summed E-state index contributed by atoms with van der Waals surface area (Å²) in [6.45, 7) is 8.33. The summed E-state index contributed by atoms with van der Waals surface area (Å²) in [6.07, 6.45) is 2.10. The van der Waals surface area contributed by atoms with E-state index in [0.29, 0.717) is 12.0 Å². The van der Waals surface area contributed by atoms with E-state index in [1.807, 2.05) is 13.0 Å². The molecule has 1 aliphatic heterocycles. The van der Waals surface area contributed by atoms with Crippen LogP contribution in [0, 0.1) is 12.8 Å². The maximum Gasteiger partial charge on any atom is 0.134 e. The predicted molar refractivity (Wildman–Crippen MR) is 77.6 cm³/mol. The van der Waals surface area contributed by atoms with Crippen LogP contribution in [-0.4, -0.2) is 40.8 Å². The van der Waals surface area contributed by atoms with Crippen molar-refractivity contribution in [2.75, 3.05) is 29.9 Å². The first kappa shape index (κ1) is 14.1. The highest BCUT2D eigenvalue weighted by atomic mass is 16.3. The fourth-order valence-corrected chi connectivity index (χ4v) is 2.33. The van der Waals surface area contributed by atoms with Crippen LogP contribution in [0.25, 0.3) is 0 Å². The van der Waals surface area contributed by atoms with E-state index < -0.39 is 0 Å². The molecule has 1 aromatic rings. The van der Waals surface area contributed by atoms with E-state index >= 15 is 0 Å². The highest BCUT2D eigenvalue weighted by Gasteiger charge is 2.23. The van der Waals surface area contributed by atoms with Crippen LogP contribution in [0.4, 0.5) is 11.6 Å². The van der Waals surface area contributed by atoms with Crippen LogP contribution in [0.1, 0.15) is 32.5 Å². The Kier molecular flexibility index (Phi) is 4.58. The topological polar surface area (TPSA) is 61.3 Å². The lowest BCUT2D eigenvalue weighted by Gasteiger charge is -2.19. The first-order valence-electron chi connectivity index (χ1n) is 7.10. The van der Waals surface area contributed by atoms with E-state index in [0.717, 1.165) is 43.4 Å². The third-order valence-electron chi connectivity index (χ3n) is 3.70. The number of nitrogens with zero attached hydrogens (tertiary/aromatic N) is 3. The maximum atomic E-state index is 9.22. The summed E-state index contributed by atoms with van der Waals surface area (Å²) in [4.78, 5) is 11.2. The molecule has 1 aromatic heterocycles. The lowest BCUT2D eigenvalue weighted by atomic mass is 10.1. The van der Waals surface area contributed by atoms with Crippen LogP contribution in [0.3, 0.4) is 0 Å². The van der Waals surface area contributed by atoms with Gasteiger partial charge in [-0.15, -0.1) is 0 Å². The number of aromatic nitrogens is 2. The fraction of sp³-hybridized carbons (Fsp3) is 0.714. The molecule has 1 saturated heterocycles. The van der Waals surface area contributed by atoms with Crippen LogP contribution >= 0.6 is 0 Å². The monoisotopic (exact) mass is 264 g/mol. The smallest absolute Gasteiger partial charge is 0.134 e. The van der Waals surface area contributed by atoms with Gasteiger partial charge in [0.15, 0.2) is 0 Å². The average molecular weight is 264 g/mol. The SMILES string of the molecule is CCC(C)Nc1cc(N2CCC(CO)C2)nc(C)n1. The van der Waals surface area contributed by atoms with Crippen LogP contribution < -0.4 is 10.2 Å². The fourth-order valence-electron chi connectivity index (χ4n) is 2.33. The quantitative estimate of drug-likeness (QED) is 0.849. The van der Waals surface area contributed by atoms with Gasteiger partial charge in [0.2, 0.25) is 0 Å². The number of nitrogens with one attached hydrogen (secondary N) is 1. The number of aliphatic hydroxyl groups excluding tert-OH is 1. The van der Waals surface area contributed by atoms with Gasteiger partial charge < -0.3 is 15.3 Å². The third-order valence-corrected chi connectivity index (χ3v) is 3.70. The van der Waals surface area contributed by atoms with Crippen molar-refractivity contribution in [3.8, 4) is 0 Å². The number of hydrogen-bond donors (Lipinski definition) is 2. The first-order valence-corrected chi connectivity index (χ1v) is 7.10. The lowest BCUT2D eigenvalue weighted by molar-refractivity contribution is 0.238. The lowest BCUT2D eigenvalue weighted by Crippen LogP contribution is -2.23. The average Bonchev–Trinajstić information content (AvgIpc) is 2.86. The van der Waals surface area contributed by atoms with Gasteiger partial charge in [-0.05, 0) is 26.7 Å². The van der Waals surface area contributed by atoms with Gasteiger partial charge in [0.25, 0.3) is 0 Å². The summed E-state index contributed by atoms with van der Waals surface area (Å²) < 4.78 is 0. The Morgan fingerprint density at radius 3 is 2.95 bits per heavy atom. The first-order chi connectivity index (χ1) is 9.12. The van der Waals surface area contributed by atoms with Crippen LogP contribution in [-0.2, 0) is 0 Å². The summed E-state index contributed by atoms with van der Waals surface area (Å²) in [7, 11) is 0. The largest absolute Gasteiger partial charge is 0.396 e. The van der Waals surface area contributed by atoms with Gasteiger partial charge in [-0.25, -0.2) is 9.97 Å². The molecule has 2 rings (SSSR count). The minimum Gasteiger partial charge on any atom is -0.396 e. The number of hydrogen-bond acceptors (Lipinski definition) is 5. The zero-order valence-corrected chi connectivity index (χ0v) is 12.1. The summed E-state index contributed by atoms with van der Waals surface area (Å²) in [6, 6.07) is 2.42. The Balaban J connectivity index is 2.12. The molecule has 0 spiro atoms. The van der Waals surface area contributed by atoms with E-state index in [1.165, 1.54) is 0 Å². The maximum absolute atomic E-state index is 9.22. The second kappa shape index (κ2) is 6.19. The molecule has 1 fully saturated rings. The Bertz CT molecular complexity index is 424. The molecular formula is C14H24N4O. The molecule has 0 aromatic carbocycles. The van der Waals surface area contributed by atoms with E-state index in [2.05, 4.69) is 34.0 Å². The predicted octanol–water partition coefficient (Wildman–Crippen LogP) is 1.81. The van der Waals surface area contributed by atoms with Crippen molar-refractivity contribution in [3.05, 3.63) is 11.9 Å². The van der Waals surface area contributed by atoms with Crippen molar-refractivity contribution in [2.24, 2.45) is 5.92 Å². The minimum absolute atomic E-state index is 0.262. The molecule has 0 amide bonds. The van der Waals surface area contributed by atoms with Gasteiger partial charge in [0, 0.05) is 37.7 Å². The molecule has 2 N–H and O–H groups in total. The van der Waals surface area contributed by atoms with Crippen LogP contribution in [0.15, 0.2) is 6.07 Å². The summed E-state index contributed by atoms with van der Waals surface area (Å²) in [5.41, 5.74) is 0. The highest BCUT2D eigenvalue weighted by molar-refractivity contribution is 5.50. The standard InChI is InChI=1S/C14H24N4O/c1-4-10(2)15-13-7-14(17-11(3)16-13)18-6-5-12(8-18)9-19/h7,10,12,19H,4-6,8-9H2,1-3H3,(H,15,16,17). The minimum atomic E-state index is 0.262. The van der Waals surface area contributed by atoms with Gasteiger partial charge in [-0.2, -0.15) is 0 Å².